The van der Waals surface area contributed by atoms with Crippen molar-refractivity contribution in [3.8, 4) is 11.3 Å². The molecule has 0 aliphatic rings. The molecule has 7 heteroatoms. The third kappa shape index (κ3) is 8.28. The van der Waals surface area contributed by atoms with Crippen molar-refractivity contribution < 1.29 is 9.69 Å². The molecule has 2 aromatic rings. The number of halogens is 1. The Hall–Kier alpha value is -2.18. The molecule has 2 rings (SSSR count). The quantitative estimate of drug-likeness (QED) is 0.534. The molecule has 0 spiro atoms. The van der Waals surface area contributed by atoms with Gasteiger partial charge in [0.05, 0.1) is 25.3 Å². The number of rotatable bonds is 11. The van der Waals surface area contributed by atoms with Gasteiger partial charge in [-0.15, -0.1) is 0 Å². The van der Waals surface area contributed by atoms with E-state index >= 15 is 0 Å². The van der Waals surface area contributed by atoms with Gasteiger partial charge < -0.3 is 10.2 Å². The van der Waals surface area contributed by atoms with Gasteiger partial charge >= 0.3 is 0 Å². The Balaban J connectivity index is 1.88. The average Bonchev–Trinajstić information content (AvgIpc) is 2.66. The molecule has 30 heavy (non-hydrogen) atoms. The van der Waals surface area contributed by atoms with E-state index in [1.807, 2.05) is 12.1 Å². The van der Waals surface area contributed by atoms with Crippen LogP contribution in [0.1, 0.15) is 34.1 Å². The van der Waals surface area contributed by atoms with Crippen molar-refractivity contribution in [2.45, 2.75) is 40.7 Å². The number of quaternary nitrogens is 1. The molecule has 1 aromatic carbocycles. The standard InChI is InChI=1S/C23H33ClN4O2/c1-17(2)14-27(15-18(3)4)13-5-12-25-22(29)16-28-23(30)11-10-21(26-28)19-6-8-20(24)9-7-19/h6-11,17-18H,5,12-16H2,1-4H3,(H,25,29)/p+1. The summed E-state index contributed by atoms with van der Waals surface area (Å²) >= 11 is 5.92. The van der Waals surface area contributed by atoms with E-state index < -0.39 is 0 Å². The summed E-state index contributed by atoms with van der Waals surface area (Å²) in [6.45, 7) is 12.8. The number of benzene rings is 1. The van der Waals surface area contributed by atoms with E-state index in [4.69, 9.17) is 11.6 Å². The lowest BCUT2D eigenvalue weighted by molar-refractivity contribution is -0.906. The van der Waals surface area contributed by atoms with Gasteiger partial charge in [0.15, 0.2) is 0 Å². The smallest absolute Gasteiger partial charge is 0.267 e. The molecule has 0 saturated carbocycles. The van der Waals surface area contributed by atoms with Gasteiger partial charge in [-0.3, -0.25) is 9.59 Å². The Morgan fingerprint density at radius 3 is 2.30 bits per heavy atom. The molecule has 0 radical (unpaired) electrons. The molecule has 164 valence electrons. The average molecular weight is 434 g/mol. The van der Waals surface area contributed by atoms with Crippen LogP contribution in [0.4, 0.5) is 0 Å². The summed E-state index contributed by atoms with van der Waals surface area (Å²) in [7, 11) is 0. The van der Waals surface area contributed by atoms with E-state index in [2.05, 4.69) is 38.1 Å². The Morgan fingerprint density at radius 1 is 1.07 bits per heavy atom. The molecular formula is C23H34ClN4O2+. The zero-order valence-electron chi connectivity index (χ0n) is 18.5. The second kappa shape index (κ2) is 11.9. The molecule has 0 aliphatic carbocycles. The maximum absolute atomic E-state index is 12.3. The summed E-state index contributed by atoms with van der Waals surface area (Å²) in [5.74, 6) is 1.10. The molecule has 0 unspecified atom stereocenters. The van der Waals surface area contributed by atoms with Crippen LogP contribution >= 0.6 is 11.6 Å². The summed E-state index contributed by atoms with van der Waals surface area (Å²) in [6.07, 6.45) is 0.910. The van der Waals surface area contributed by atoms with E-state index in [0.717, 1.165) is 31.6 Å². The summed E-state index contributed by atoms with van der Waals surface area (Å²) in [4.78, 5) is 26.0. The monoisotopic (exact) mass is 433 g/mol. The van der Waals surface area contributed by atoms with Gasteiger partial charge in [0.1, 0.15) is 6.54 Å². The summed E-state index contributed by atoms with van der Waals surface area (Å²) < 4.78 is 1.20. The number of aromatic nitrogens is 2. The van der Waals surface area contributed by atoms with Crippen LogP contribution in [0.5, 0.6) is 0 Å². The first-order valence-corrected chi connectivity index (χ1v) is 11.1. The van der Waals surface area contributed by atoms with Crippen LogP contribution in [-0.4, -0.2) is 41.9 Å². The lowest BCUT2D eigenvalue weighted by Crippen LogP contribution is -3.13. The molecule has 0 bridgehead atoms. The fourth-order valence-electron chi connectivity index (χ4n) is 3.54. The molecule has 0 fully saturated rings. The minimum Gasteiger partial charge on any atom is -0.354 e. The van der Waals surface area contributed by atoms with Crippen molar-refractivity contribution >= 4 is 17.5 Å². The molecular weight excluding hydrogens is 400 g/mol. The number of hydrogen-bond acceptors (Lipinski definition) is 3. The maximum Gasteiger partial charge on any atom is 0.267 e. The fourth-order valence-corrected chi connectivity index (χ4v) is 3.66. The van der Waals surface area contributed by atoms with Crippen LogP contribution in [0.3, 0.4) is 0 Å². The van der Waals surface area contributed by atoms with Crippen LogP contribution in [0, 0.1) is 11.8 Å². The first kappa shape index (κ1) is 24.1. The highest BCUT2D eigenvalue weighted by atomic mass is 35.5. The van der Waals surface area contributed by atoms with Crippen molar-refractivity contribution in [2.75, 3.05) is 26.2 Å². The number of hydrogen-bond donors (Lipinski definition) is 2. The van der Waals surface area contributed by atoms with Crippen LogP contribution in [-0.2, 0) is 11.3 Å². The zero-order chi connectivity index (χ0) is 22.1. The van der Waals surface area contributed by atoms with Crippen molar-refractivity contribution in [3.05, 3.63) is 51.8 Å². The van der Waals surface area contributed by atoms with Crippen molar-refractivity contribution in [1.29, 1.82) is 0 Å². The number of carbonyl (C=O) groups is 1. The maximum atomic E-state index is 12.3. The van der Waals surface area contributed by atoms with Crippen molar-refractivity contribution in [2.24, 2.45) is 11.8 Å². The summed E-state index contributed by atoms with van der Waals surface area (Å²) in [6, 6.07) is 10.3. The lowest BCUT2D eigenvalue weighted by Gasteiger charge is -2.23. The first-order valence-electron chi connectivity index (χ1n) is 10.7. The van der Waals surface area contributed by atoms with Gasteiger partial charge in [-0.25, -0.2) is 4.68 Å². The fraction of sp³-hybridized carbons (Fsp3) is 0.522. The number of amides is 1. The SMILES string of the molecule is CC(C)C[NH+](CCCNC(=O)Cn1nc(-c2ccc(Cl)cc2)ccc1=O)CC(C)C. The molecule has 0 atom stereocenters. The Bertz CT molecular complexity index is 852. The van der Waals surface area contributed by atoms with E-state index in [9.17, 15) is 9.59 Å². The Morgan fingerprint density at radius 2 is 1.70 bits per heavy atom. The highest BCUT2D eigenvalue weighted by Crippen LogP contribution is 2.18. The minimum absolute atomic E-state index is 0.0885. The molecule has 0 saturated heterocycles. The van der Waals surface area contributed by atoms with Gasteiger partial charge in [0.25, 0.3) is 5.56 Å². The zero-order valence-corrected chi connectivity index (χ0v) is 19.2. The predicted molar refractivity (Wildman–Crippen MR) is 122 cm³/mol. The van der Waals surface area contributed by atoms with E-state index in [1.165, 1.54) is 10.7 Å². The van der Waals surface area contributed by atoms with Crippen LogP contribution in [0.15, 0.2) is 41.2 Å². The predicted octanol–water partition coefficient (Wildman–Crippen LogP) is 2.27. The normalized spacial score (nSPS) is 11.5. The largest absolute Gasteiger partial charge is 0.354 e. The number of carbonyl (C=O) groups excluding carboxylic acids is 1. The van der Waals surface area contributed by atoms with Crippen LogP contribution in [0.2, 0.25) is 5.02 Å². The minimum atomic E-state index is -0.299. The topological polar surface area (TPSA) is 68.4 Å². The molecule has 1 amide bonds. The highest BCUT2D eigenvalue weighted by Gasteiger charge is 2.13. The summed E-state index contributed by atoms with van der Waals surface area (Å²) in [5, 5.41) is 7.88. The third-order valence-corrected chi connectivity index (χ3v) is 4.98. The van der Waals surface area contributed by atoms with Crippen molar-refractivity contribution in [3.63, 3.8) is 0 Å². The number of nitrogens with zero attached hydrogens (tertiary/aromatic N) is 2. The summed E-state index contributed by atoms with van der Waals surface area (Å²) in [5.41, 5.74) is 1.17. The Kier molecular flexibility index (Phi) is 9.53. The van der Waals surface area contributed by atoms with Gasteiger partial charge in [-0.2, -0.15) is 5.10 Å². The van der Waals surface area contributed by atoms with Crippen LogP contribution in [0.25, 0.3) is 11.3 Å². The van der Waals surface area contributed by atoms with Gasteiger partial charge in [0.2, 0.25) is 5.91 Å². The second-order valence-electron chi connectivity index (χ2n) is 8.62. The number of nitrogens with one attached hydrogen (secondary N) is 2. The van der Waals surface area contributed by atoms with Gasteiger partial charge in [-0.05, 0) is 18.2 Å². The first-order chi connectivity index (χ1) is 14.2. The molecule has 1 aromatic heterocycles. The molecule has 1 heterocycles. The Labute approximate surface area is 184 Å². The molecule has 6 nitrogen and oxygen atoms in total. The van der Waals surface area contributed by atoms with E-state index in [-0.39, 0.29) is 18.0 Å². The molecule has 2 N–H and O–H groups in total. The second-order valence-corrected chi connectivity index (χ2v) is 9.06. The van der Waals surface area contributed by atoms with Crippen molar-refractivity contribution in [1.82, 2.24) is 15.1 Å². The van der Waals surface area contributed by atoms with Crippen LogP contribution < -0.4 is 15.8 Å². The molecule has 0 aliphatic heterocycles. The van der Waals surface area contributed by atoms with Gasteiger partial charge in [-0.1, -0.05) is 51.4 Å². The highest BCUT2D eigenvalue weighted by molar-refractivity contribution is 6.30. The van der Waals surface area contributed by atoms with E-state index in [0.29, 0.717) is 29.1 Å². The van der Waals surface area contributed by atoms with Gasteiger partial charge in [0, 0.05) is 41.5 Å². The lowest BCUT2D eigenvalue weighted by atomic mass is 10.1. The third-order valence-electron chi connectivity index (χ3n) is 4.72. The van der Waals surface area contributed by atoms with E-state index in [1.54, 1.807) is 23.1 Å².